The summed E-state index contributed by atoms with van der Waals surface area (Å²) >= 11 is 3.42. The Balaban J connectivity index is 2.43. The van der Waals surface area contributed by atoms with Crippen molar-refractivity contribution in [1.29, 1.82) is 0 Å². The summed E-state index contributed by atoms with van der Waals surface area (Å²) < 4.78 is 11.7. The Bertz CT molecular complexity index is 652. The van der Waals surface area contributed by atoms with E-state index in [1.54, 1.807) is 13.8 Å². The topological polar surface area (TPSA) is 39.4 Å². The molecule has 0 spiro atoms. The summed E-state index contributed by atoms with van der Waals surface area (Å²) in [5.74, 6) is 0.389. The van der Waals surface area contributed by atoms with E-state index in [2.05, 4.69) is 15.9 Å². The largest absolute Gasteiger partial charge is 0.463 e. The molecule has 0 unspecified atom stereocenters. The van der Waals surface area contributed by atoms with E-state index in [0.29, 0.717) is 17.9 Å². The molecule has 0 radical (unpaired) electrons. The molecule has 0 aliphatic carbocycles. The van der Waals surface area contributed by atoms with Crippen molar-refractivity contribution in [3.8, 4) is 0 Å². The van der Waals surface area contributed by atoms with Gasteiger partial charge in [-0.2, -0.15) is 0 Å². The van der Waals surface area contributed by atoms with Crippen LogP contribution >= 0.6 is 15.9 Å². The van der Waals surface area contributed by atoms with Gasteiger partial charge < -0.3 is 9.15 Å². The number of hydrogen-bond donors (Lipinski definition) is 0. The van der Waals surface area contributed by atoms with Gasteiger partial charge in [-0.25, -0.2) is 4.79 Å². The smallest absolute Gasteiger partial charge is 0.334 e. The lowest BCUT2D eigenvalue weighted by atomic mass is 10.1. The van der Waals surface area contributed by atoms with Crippen molar-refractivity contribution < 1.29 is 13.9 Å². The zero-order valence-electron chi connectivity index (χ0n) is 11.1. The van der Waals surface area contributed by atoms with Crippen molar-refractivity contribution in [1.82, 2.24) is 0 Å². The van der Waals surface area contributed by atoms with Gasteiger partial charge in [-0.15, -0.1) is 0 Å². The number of carbonyl (C=O) groups excluding carboxylic acids is 1. The Morgan fingerprint density at radius 2 is 2.05 bits per heavy atom. The van der Waals surface area contributed by atoms with E-state index in [0.717, 1.165) is 21.0 Å². The molecule has 1 aromatic heterocycles. The Hall–Kier alpha value is -1.55. The molecule has 2 rings (SSSR count). The molecule has 0 bridgehead atoms. The van der Waals surface area contributed by atoms with Crippen LogP contribution in [0.15, 0.2) is 38.7 Å². The molecule has 0 aliphatic rings. The number of esters is 1. The molecule has 3 nitrogen and oxygen atoms in total. The first-order valence-corrected chi connectivity index (χ1v) is 6.86. The number of rotatable bonds is 3. The standard InChI is InChI=1S/C15H15BrO3/c1-4-18-15(17)10(3)9(2)14-8-11-7-12(16)5-6-13(11)19-14/h5-8H,4H2,1-3H3/b10-9-. The van der Waals surface area contributed by atoms with E-state index in [-0.39, 0.29) is 5.97 Å². The maximum absolute atomic E-state index is 11.7. The minimum atomic E-state index is -0.304. The van der Waals surface area contributed by atoms with Crippen LogP contribution in [0.5, 0.6) is 0 Å². The number of furan rings is 1. The number of carbonyl (C=O) groups is 1. The van der Waals surface area contributed by atoms with Gasteiger partial charge in [0.15, 0.2) is 0 Å². The van der Waals surface area contributed by atoms with Crippen LogP contribution in [-0.4, -0.2) is 12.6 Å². The van der Waals surface area contributed by atoms with Gasteiger partial charge in [0.05, 0.1) is 6.61 Å². The average Bonchev–Trinajstić information content (AvgIpc) is 2.80. The summed E-state index contributed by atoms with van der Waals surface area (Å²) in [4.78, 5) is 11.7. The van der Waals surface area contributed by atoms with Crippen LogP contribution in [0.25, 0.3) is 16.5 Å². The predicted molar refractivity (Wildman–Crippen MR) is 78.8 cm³/mol. The van der Waals surface area contributed by atoms with Crippen LogP contribution in [0, 0.1) is 0 Å². The number of fused-ring (bicyclic) bond motifs is 1. The van der Waals surface area contributed by atoms with Crippen molar-refractivity contribution in [2.75, 3.05) is 6.61 Å². The summed E-state index contributed by atoms with van der Waals surface area (Å²) in [6, 6.07) is 7.73. The van der Waals surface area contributed by atoms with Crippen molar-refractivity contribution in [2.24, 2.45) is 0 Å². The van der Waals surface area contributed by atoms with Gasteiger partial charge in [0.25, 0.3) is 0 Å². The van der Waals surface area contributed by atoms with Crippen molar-refractivity contribution in [3.05, 3.63) is 40.1 Å². The highest BCUT2D eigenvalue weighted by atomic mass is 79.9. The minimum absolute atomic E-state index is 0.304. The molecule has 0 saturated carbocycles. The van der Waals surface area contributed by atoms with E-state index >= 15 is 0 Å². The summed E-state index contributed by atoms with van der Waals surface area (Å²) in [6.07, 6.45) is 0. The van der Waals surface area contributed by atoms with E-state index in [1.165, 1.54) is 0 Å². The zero-order valence-corrected chi connectivity index (χ0v) is 12.7. The number of benzene rings is 1. The van der Waals surface area contributed by atoms with Gasteiger partial charge >= 0.3 is 5.97 Å². The number of halogens is 1. The number of allylic oxidation sites excluding steroid dienone is 1. The first-order valence-electron chi connectivity index (χ1n) is 6.07. The first-order chi connectivity index (χ1) is 9.02. The Morgan fingerprint density at radius 1 is 1.32 bits per heavy atom. The van der Waals surface area contributed by atoms with Gasteiger partial charge in [0, 0.05) is 21.0 Å². The van der Waals surface area contributed by atoms with Gasteiger partial charge in [0.1, 0.15) is 11.3 Å². The van der Waals surface area contributed by atoms with Gasteiger partial charge in [-0.1, -0.05) is 15.9 Å². The molecule has 0 atom stereocenters. The van der Waals surface area contributed by atoms with Crippen LogP contribution in [0.2, 0.25) is 0 Å². The van der Waals surface area contributed by atoms with Crippen molar-refractivity contribution >= 4 is 38.4 Å². The predicted octanol–water partition coefficient (Wildman–Crippen LogP) is 4.55. The second-order valence-electron chi connectivity index (χ2n) is 4.26. The highest BCUT2D eigenvalue weighted by molar-refractivity contribution is 9.10. The van der Waals surface area contributed by atoms with E-state index in [9.17, 15) is 4.79 Å². The molecule has 1 aromatic carbocycles. The highest BCUT2D eigenvalue weighted by Crippen LogP contribution is 2.28. The average molecular weight is 323 g/mol. The fourth-order valence-electron chi connectivity index (χ4n) is 1.78. The van der Waals surface area contributed by atoms with Crippen molar-refractivity contribution in [2.45, 2.75) is 20.8 Å². The third-order valence-corrected chi connectivity index (χ3v) is 3.49. The molecule has 4 heteroatoms. The fraction of sp³-hybridized carbons (Fsp3) is 0.267. The Morgan fingerprint density at radius 3 is 2.74 bits per heavy atom. The van der Waals surface area contributed by atoms with Gasteiger partial charge in [-0.05, 0) is 45.0 Å². The van der Waals surface area contributed by atoms with Crippen LogP contribution in [0.4, 0.5) is 0 Å². The second-order valence-corrected chi connectivity index (χ2v) is 5.18. The van der Waals surface area contributed by atoms with Crippen LogP contribution in [0.3, 0.4) is 0 Å². The number of hydrogen-bond acceptors (Lipinski definition) is 3. The van der Waals surface area contributed by atoms with E-state index in [4.69, 9.17) is 9.15 Å². The fourth-order valence-corrected chi connectivity index (χ4v) is 2.16. The van der Waals surface area contributed by atoms with Gasteiger partial charge in [0.2, 0.25) is 0 Å². The molecule has 19 heavy (non-hydrogen) atoms. The van der Waals surface area contributed by atoms with Crippen molar-refractivity contribution in [3.63, 3.8) is 0 Å². The maximum atomic E-state index is 11.7. The lowest BCUT2D eigenvalue weighted by Gasteiger charge is -2.04. The SMILES string of the molecule is CCOC(=O)/C(C)=C(/C)c1cc2cc(Br)ccc2o1. The molecular weight excluding hydrogens is 308 g/mol. The molecule has 100 valence electrons. The van der Waals surface area contributed by atoms with Crippen LogP contribution in [0.1, 0.15) is 26.5 Å². The Kier molecular flexibility index (Phi) is 4.10. The molecule has 0 amide bonds. The highest BCUT2D eigenvalue weighted by Gasteiger charge is 2.13. The molecule has 0 saturated heterocycles. The zero-order chi connectivity index (χ0) is 14.0. The molecule has 2 aromatic rings. The monoisotopic (exact) mass is 322 g/mol. The minimum Gasteiger partial charge on any atom is -0.463 e. The lowest BCUT2D eigenvalue weighted by Crippen LogP contribution is -2.06. The first kappa shape index (κ1) is 13.9. The molecule has 0 N–H and O–H groups in total. The lowest BCUT2D eigenvalue weighted by molar-refractivity contribution is -0.138. The summed E-state index contributed by atoms with van der Waals surface area (Å²) in [6.45, 7) is 5.77. The Labute approximate surface area is 120 Å². The van der Waals surface area contributed by atoms with Gasteiger partial charge in [-0.3, -0.25) is 0 Å². The molecule has 0 aliphatic heterocycles. The third kappa shape index (κ3) is 2.89. The molecule has 1 heterocycles. The summed E-state index contributed by atoms with van der Waals surface area (Å²) in [5.41, 5.74) is 2.17. The molecule has 0 fully saturated rings. The van der Waals surface area contributed by atoms with Crippen LogP contribution < -0.4 is 0 Å². The normalized spacial score (nSPS) is 12.4. The summed E-state index contributed by atoms with van der Waals surface area (Å²) in [5, 5.41) is 1.00. The second kappa shape index (κ2) is 5.61. The quantitative estimate of drug-likeness (QED) is 0.614. The third-order valence-electron chi connectivity index (χ3n) is 2.99. The van der Waals surface area contributed by atoms with E-state index < -0.39 is 0 Å². The van der Waals surface area contributed by atoms with Crippen LogP contribution in [-0.2, 0) is 9.53 Å². The van der Waals surface area contributed by atoms with E-state index in [1.807, 2.05) is 31.2 Å². The maximum Gasteiger partial charge on any atom is 0.334 e. The number of ether oxygens (including phenoxy) is 1. The summed E-state index contributed by atoms with van der Waals surface area (Å²) in [7, 11) is 0. The molecular formula is C15H15BrO3.